The second-order valence-electron chi connectivity index (χ2n) is 7.27. The molecule has 1 aliphatic rings. The van der Waals surface area contributed by atoms with Crippen LogP contribution >= 0.6 is 34.8 Å². The smallest absolute Gasteiger partial charge is 0.374 e. The maximum absolute atomic E-state index is 14.1. The lowest BCUT2D eigenvalue weighted by Crippen LogP contribution is -2.42. The number of rotatable bonds is 6. The van der Waals surface area contributed by atoms with Crippen molar-refractivity contribution in [3.63, 3.8) is 0 Å². The van der Waals surface area contributed by atoms with Crippen molar-refractivity contribution in [1.29, 1.82) is 0 Å². The third-order valence-electron chi connectivity index (χ3n) is 4.79. The van der Waals surface area contributed by atoms with Gasteiger partial charge in [-0.3, -0.25) is 15.6 Å². The molecule has 0 saturated heterocycles. The zero-order chi connectivity index (χ0) is 25.3. The molecular formula is C20H14Cl3F6N3O2. The Kier molecular flexibility index (Phi) is 7.49. The molecule has 2 aromatic carbocycles. The van der Waals surface area contributed by atoms with Gasteiger partial charge in [0.2, 0.25) is 5.91 Å². The molecule has 1 unspecified atom stereocenters. The number of benzene rings is 2. The number of nitrogens with zero attached hydrogens (tertiary/aromatic N) is 1. The third kappa shape index (κ3) is 6.00. The van der Waals surface area contributed by atoms with Gasteiger partial charge in [-0.05, 0) is 30.3 Å². The largest absolute Gasteiger partial charge is 0.435 e. The van der Waals surface area contributed by atoms with Crippen LogP contribution in [0.1, 0.15) is 30.4 Å². The Morgan fingerprint density at radius 2 is 1.68 bits per heavy atom. The Bertz CT molecular complexity index is 1100. The van der Waals surface area contributed by atoms with Crippen molar-refractivity contribution in [1.82, 2.24) is 5.43 Å². The first-order valence-electron chi connectivity index (χ1n) is 9.40. The van der Waals surface area contributed by atoms with Crippen LogP contribution in [-0.2, 0) is 15.2 Å². The number of oxime groups is 1. The van der Waals surface area contributed by atoms with Crippen molar-refractivity contribution in [2.24, 2.45) is 5.16 Å². The molecule has 3 rings (SSSR count). The number of halogens is 9. The monoisotopic (exact) mass is 547 g/mol. The summed E-state index contributed by atoms with van der Waals surface area (Å²) < 4.78 is 79.1. The van der Waals surface area contributed by atoms with Crippen LogP contribution in [0.15, 0.2) is 41.6 Å². The van der Waals surface area contributed by atoms with Crippen molar-refractivity contribution in [2.75, 3.05) is 5.43 Å². The second-order valence-corrected chi connectivity index (χ2v) is 8.55. The summed E-state index contributed by atoms with van der Waals surface area (Å²) >= 11 is 17.8. The first-order valence-corrected chi connectivity index (χ1v) is 10.5. The van der Waals surface area contributed by atoms with Crippen LogP contribution < -0.4 is 10.9 Å². The maximum Gasteiger partial charge on any atom is 0.435 e. The number of hydrogen-bond donors (Lipinski definition) is 2. The molecule has 1 heterocycles. The van der Waals surface area contributed by atoms with Crippen LogP contribution in [-0.4, -0.2) is 24.0 Å². The Labute approximate surface area is 203 Å². The first-order chi connectivity index (χ1) is 15.7. The van der Waals surface area contributed by atoms with Gasteiger partial charge >= 0.3 is 12.4 Å². The van der Waals surface area contributed by atoms with E-state index < -0.39 is 43.1 Å². The van der Waals surface area contributed by atoms with E-state index in [4.69, 9.17) is 39.6 Å². The van der Waals surface area contributed by atoms with Crippen LogP contribution in [0.3, 0.4) is 0 Å². The molecule has 34 heavy (non-hydrogen) atoms. The summed E-state index contributed by atoms with van der Waals surface area (Å²) in [6.07, 6.45) is -12.3. The molecule has 2 N–H and O–H groups in total. The number of amides is 1. The molecule has 0 aromatic heterocycles. The van der Waals surface area contributed by atoms with Crippen LogP contribution in [0, 0.1) is 0 Å². The highest BCUT2D eigenvalue weighted by Gasteiger charge is 2.62. The van der Waals surface area contributed by atoms with Gasteiger partial charge < -0.3 is 4.84 Å². The Morgan fingerprint density at radius 1 is 1.03 bits per heavy atom. The highest BCUT2D eigenvalue weighted by Crippen LogP contribution is 2.49. The lowest BCUT2D eigenvalue weighted by atomic mass is 9.86. The number of alkyl halides is 6. The lowest BCUT2D eigenvalue weighted by molar-refractivity contribution is -0.275. The zero-order valence-electron chi connectivity index (χ0n) is 16.8. The molecule has 0 spiro atoms. The number of hydrogen-bond acceptors (Lipinski definition) is 4. The van der Waals surface area contributed by atoms with Gasteiger partial charge in [0, 0.05) is 34.0 Å². The van der Waals surface area contributed by atoms with Crippen molar-refractivity contribution in [3.05, 3.63) is 62.6 Å². The summed E-state index contributed by atoms with van der Waals surface area (Å²) in [5.74, 6) is -0.964. The molecule has 0 bridgehead atoms. The summed E-state index contributed by atoms with van der Waals surface area (Å²) in [6.45, 7) is 0. The summed E-state index contributed by atoms with van der Waals surface area (Å²) in [5, 5.41) is 3.60. The van der Waals surface area contributed by atoms with E-state index in [0.717, 1.165) is 12.1 Å². The van der Waals surface area contributed by atoms with Crippen molar-refractivity contribution < 1.29 is 36.0 Å². The number of carbonyl (C=O) groups is 1. The number of nitrogens with one attached hydrogen (secondary N) is 2. The maximum atomic E-state index is 14.1. The van der Waals surface area contributed by atoms with E-state index >= 15 is 0 Å². The molecular weight excluding hydrogens is 535 g/mol. The van der Waals surface area contributed by atoms with Gasteiger partial charge in [-0.15, -0.1) is 0 Å². The minimum Gasteiger partial charge on any atom is -0.374 e. The van der Waals surface area contributed by atoms with Gasteiger partial charge in [0.15, 0.2) is 0 Å². The summed E-state index contributed by atoms with van der Waals surface area (Å²) in [5.41, 5.74) is 1.30. The minimum atomic E-state index is -4.90. The van der Waals surface area contributed by atoms with Crippen LogP contribution in [0.25, 0.3) is 0 Å². The number of hydrazine groups is 1. The minimum absolute atomic E-state index is 0.0255. The van der Waals surface area contributed by atoms with Gasteiger partial charge in [0.1, 0.15) is 0 Å². The van der Waals surface area contributed by atoms with E-state index in [1.807, 2.05) is 0 Å². The molecule has 0 aliphatic carbocycles. The van der Waals surface area contributed by atoms with Gasteiger partial charge in [0.25, 0.3) is 5.60 Å². The predicted molar refractivity (Wildman–Crippen MR) is 115 cm³/mol. The highest BCUT2D eigenvalue weighted by atomic mass is 35.5. The lowest BCUT2D eigenvalue weighted by Gasteiger charge is -2.29. The van der Waals surface area contributed by atoms with Gasteiger partial charge in [0.05, 0.1) is 22.8 Å². The van der Waals surface area contributed by atoms with Crippen molar-refractivity contribution in [2.45, 2.75) is 37.2 Å². The van der Waals surface area contributed by atoms with Gasteiger partial charge in [-0.25, -0.2) is 0 Å². The van der Waals surface area contributed by atoms with Crippen LogP contribution in [0.2, 0.25) is 15.1 Å². The van der Waals surface area contributed by atoms with E-state index in [-0.39, 0.29) is 37.6 Å². The molecule has 5 nitrogen and oxygen atoms in total. The van der Waals surface area contributed by atoms with E-state index in [9.17, 15) is 31.1 Å². The predicted octanol–water partition coefficient (Wildman–Crippen LogP) is 7.01. The molecule has 14 heteroatoms. The SMILES string of the molecule is O=C(CCC(F)(F)F)NNc1cc(C2=NOC(c3cc(Cl)cc(Cl)c3)(C(F)(F)F)C2)ccc1Cl. The third-order valence-corrected chi connectivity index (χ3v) is 5.55. The summed E-state index contributed by atoms with van der Waals surface area (Å²) in [4.78, 5) is 16.5. The first kappa shape index (κ1) is 26.2. The molecule has 0 fully saturated rings. The van der Waals surface area contributed by atoms with E-state index in [1.165, 1.54) is 24.3 Å². The van der Waals surface area contributed by atoms with Crippen molar-refractivity contribution >= 4 is 52.1 Å². The molecule has 1 amide bonds. The highest BCUT2D eigenvalue weighted by molar-refractivity contribution is 6.34. The molecule has 1 aliphatic heterocycles. The van der Waals surface area contributed by atoms with Crippen molar-refractivity contribution in [3.8, 4) is 0 Å². The normalized spacial score (nSPS) is 18.3. The molecule has 0 radical (unpaired) electrons. The fraction of sp³-hybridized carbons (Fsp3) is 0.300. The topological polar surface area (TPSA) is 62.7 Å². The summed E-state index contributed by atoms with van der Waals surface area (Å²) in [6, 6.07) is 7.38. The Balaban J connectivity index is 1.81. The number of anilines is 1. The molecule has 1 atom stereocenters. The average molecular weight is 549 g/mol. The van der Waals surface area contributed by atoms with Gasteiger partial charge in [-0.2, -0.15) is 26.3 Å². The molecule has 2 aromatic rings. The van der Waals surface area contributed by atoms with E-state index in [0.29, 0.717) is 0 Å². The summed E-state index contributed by atoms with van der Waals surface area (Å²) in [7, 11) is 0. The fourth-order valence-electron chi connectivity index (χ4n) is 3.10. The van der Waals surface area contributed by atoms with Crippen LogP contribution in [0.4, 0.5) is 32.0 Å². The standard InChI is InChI=1S/C20H14Cl3F6N3O2/c21-12-6-11(7-13(22)8-12)18(20(27,28)29)9-16(32-34-18)10-1-2-14(23)15(5-10)30-31-17(33)3-4-19(24,25)26/h1-2,5-8,30H,3-4,9H2,(H,31,33). The molecule has 0 saturated carbocycles. The Hall–Kier alpha value is -2.37. The fourth-order valence-corrected chi connectivity index (χ4v) is 3.79. The zero-order valence-corrected chi connectivity index (χ0v) is 19.0. The van der Waals surface area contributed by atoms with Crippen LogP contribution in [0.5, 0.6) is 0 Å². The number of carbonyl (C=O) groups excluding carboxylic acids is 1. The average Bonchev–Trinajstić information content (AvgIpc) is 3.17. The quantitative estimate of drug-likeness (QED) is 0.301. The van der Waals surface area contributed by atoms with Gasteiger partial charge in [-0.1, -0.05) is 46.0 Å². The molecule has 184 valence electrons. The van der Waals surface area contributed by atoms with E-state index in [2.05, 4.69) is 16.0 Å². The van der Waals surface area contributed by atoms with E-state index in [1.54, 1.807) is 0 Å². The Morgan fingerprint density at radius 3 is 2.26 bits per heavy atom. The second kappa shape index (κ2) is 9.71.